The first kappa shape index (κ1) is 18.0. The summed E-state index contributed by atoms with van der Waals surface area (Å²) >= 11 is 0. The van der Waals surface area contributed by atoms with Crippen LogP contribution in [-0.2, 0) is 4.74 Å². The number of guanidine groups is 1. The van der Waals surface area contributed by atoms with Crippen LogP contribution in [-0.4, -0.2) is 51.3 Å². The minimum atomic E-state index is 0. The molecule has 0 aromatic carbocycles. The molecule has 1 N–H and O–H groups in total. The van der Waals surface area contributed by atoms with Gasteiger partial charge in [0, 0.05) is 33.8 Å². The third-order valence-electron chi connectivity index (χ3n) is 3.96. The molecule has 4 nitrogen and oxygen atoms in total. The lowest BCUT2D eigenvalue weighted by molar-refractivity contribution is 0.115. The van der Waals surface area contributed by atoms with Gasteiger partial charge in [0.2, 0.25) is 0 Å². The number of rotatable bonds is 9. The fourth-order valence-corrected chi connectivity index (χ4v) is 2.22. The molecular weight excluding hydrogens is 365 g/mol. The van der Waals surface area contributed by atoms with Crippen molar-refractivity contribution in [1.29, 1.82) is 0 Å². The van der Waals surface area contributed by atoms with Gasteiger partial charge < -0.3 is 15.0 Å². The van der Waals surface area contributed by atoms with Gasteiger partial charge in [0.05, 0.1) is 6.61 Å². The number of ether oxygens (including phenoxy) is 1. The van der Waals surface area contributed by atoms with Gasteiger partial charge in [-0.05, 0) is 37.5 Å². The van der Waals surface area contributed by atoms with Gasteiger partial charge in [-0.15, -0.1) is 24.0 Å². The highest BCUT2D eigenvalue weighted by molar-refractivity contribution is 14.0. The third kappa shape index (κ3) is 7.67. The van der Waals surface area contributed by atoms with Crippen molar-refractivity contribution in [2.24, 2.45) is 16.8 Å². The van der Waals surface area contributed by atoms with Gasteiger partial charge >= 0.3 is 0 Å². The van der Waals surface area contributed by atoms with E-state index in [9.17, 15) is 0 Å². The van der Waals surface area contributed by atoms with E-state index in [0.717, 1.165) is 44.1 Å². The highest BCUT2D eigenvalue weighted by Crippen LogP contribution is 2.33. The summed E-state index contributed by atoms with van der Waals surface area (Å²) in [6.45, 7) is 3.70. The van der Waals surface area contributed by atoms with Crippen molar-refractivity contribution < 1.29 is 4.74 Å². The maximum Gasteiger partial charge on any atom is 0.193 e. The molecule has 20 heavy (non-hydrogen) atoms. The van der Waals surface area contributed by atoms with Gasteiger partial charge in [-0.1, -0.05) is 12.8 Å². The zero-order valence-corrected chi connectivity index (χ0v) is 15.3. The lowest BCUT2D eigenvalue weighted by Crippen LogP contribution is -2.41. The van der Waals surface area contributed by atoms with Gasteiger partial charge in [0.1, 0.15) is 0 Å². The highest BCUT2D eigenvalue weighted by Gasteiger charge is 2.21. The summed E-state index contributed by atoms with van der Waals surface area (Å²) in [5.41, 5.74) is 0. The Morgan fingerprint density at radius 1 is 1.25 bits per heavy atom. The molecule has 0 atom stereocenters. The smallest absolute Gasteiger partial charge is 0.193 e. The predicted octanol–water partition coefficient (Wildman–Crippen LogP) is 2.73. The van der Waals surface area contributed by atoms with Gasteiger partial charge in [-0.2, -0.15) is 0 Å². The molecule has 2 fully saturated rings. The van der Waals surface area contributed by atoms with Crippen LogP contribution in [0.15, 0.2) is 4.99 Å². The Labute approximate surface area is 140 Å². The fourth-order valence-electron chi connectivity index (χ4n) is 2.22. The summed E-state index contributed by atoms with van der Waals surface area (Å²) in [4.78, 5) is 6.48. The van der Waals surface area contributed by atoms with Crippen molar-refractivity contribution in [2.75, 3.05) is 40.4 Å². The largest absolute Gasteiger partial charge is 0.379 e. The van der Waals surface area contributed by atoms with E-state index >= 15 is 0 Å². The van der Waals surface area contributed by atoms with E-state index in [1.165, 1.54) is 38.5 Å². The minimum absolute atomic E-state index is 0. The molecule has 0 radical (unpaired) electrons. The fraction of sp³-hybridized carbons (Fsp3) is 0.933. The summed E-state index contributed by atoms with van der Waals surface area (Å²) in [5, 5.41) is 3.43. The van der Waals surface area contributed by atoms with Crippen molar-refractivity contribution in [3.8, 4) is 0 Å². The lowest BCUT2D eigenvalue weighted by Gasteiger charge is -2.22. The number of hydrogen-bond donors (Lipinski definition) is 1. The van der Waals surface area contributed by atoms with Crippen LogP contribution < -0.4 is 5.32 Å². The average Bonchev–Trinajstić information content (AvgIpc) is 3.27. The molecule has 2 aliphatic rings. The molecule has 0 aliphatic heterocycles. The van der Waals surface area contributed by atoms with Crippen molar-refractivity contribution in [3.63, 3.8) is 0 Å². The molecule has 0 aromatic rings. The second-order valence-corrected chi connectivity index (χ2v) is 6.00. The standard InChI is InChI=1S/C15H29N3O.HI/c1-16-15(17-9-3-4-13-5-6-13)18(2)10-11-19-12-14-7-8-14;/h13-14H,3-12H2,1-2H3,(H,16,17);1H. The zero-order valence-electron chi connectivity index (χ0n) is 12.9. The first-order chi connectivity index (χ1) is 9.29. The summed E-state index contributed by atoms with van der Waals surface area (Å²) in [5.74, 6) is 2.87. The Bertz CT molecular complexity index is 291. The predicted molar refractivity (Wildman–Crippen MR) is 94.9 cm³/mol. The molecular formula is C15H30IN3O. The van der Waals surface area contributed by atoms with Crippen LogP contribution in [0.1, 0.15) is 38.5 Å². The van der Waals surface area contributed by atoms with Crippen LogP contribution in [0, 0.1) is 11.8 Å². The van der Waals surface area contributed by atoms with Crippen LogP contribution in [0.2, 0.25) is 0 Å². The maximum absolute atomic E-state index is 5.66. The van der Waals surface area contributed by atoms with E-state index in [1.807, 2.05) is 7.05 Å². The first-order valence-corrected chi connectivity index (χ1v) is 7.79. The molecule has 2 aliphatic carbocycles. The minimum Gasteiger partial charge on any atom is -0.379 e. The second-order valence-electron chi connectivity index (χ2n) is 6.00. The van der Waals surface area contributed by atoms with E-state index in [0.29, 0.717) is 0 Å². The van der Waals surface area contributed by atoms with Crippen LogP contribution in [0.25, 0.3) is 0 Å². The molecule has 0 bridgehead atoms. The summed E-state index contributed by atoms with van der Waals surface area (Å²) in [6.07, 6.45) is 8.26. The topological polar surface area (TPSA) is 36.9 Å². The van der Waals surface area contributed by atoms with Gasteiger partial charge in [0.25, 0.3) is 0 Å². The molecule has 0 amide bonds. The number of nitrogens with zero attached hydrogens (tertiary/aromatic N) is 2. The molecule has 0 spiro atoms. The Kier molecular flexibility index (Phi) is 8.84. The molecule has 5 heteroatoms. The maximum atomic E-state index is 5.66. The number of halogens is 1. The van der Waals surface area contributed by atoms with E-state index in [1.54, 1.807) is 0 Å². The summed E-state index contributed by atoms with van der Waals surface area (Å²) in [7, 11) is 3.93. The number of nitrogens with one attached hydrogen (secondary N) is 1. The summed E-state index contributed by atoms with van der Waals surface area (Å²) in [6, 6.07) is 0. The van der Waals surface area contributed by atoms with E-state index in [-0.39, 0.29) is 24.0 Å². The van der Waals surface area contributed by atoms with E-state index in [4.69, 9.17) is 4.74 Å². The molecule has 0 unspecified atom stereocenters. The van der Waals surface area contributed by atoms with Crippen molar-refractivity contribution in [2.45, 2.75) is 38.5 Å². The van der Waals surface area contributed by atoms with Crippen molar-refractivity contribution >= 4 is 29.9 Å². The Hall–Kier alpha value is -0.0400. The zero-order chi connectivity index (χ0) is 13.5. The van der Waals surface area contributed by atoms with Crippen LogP contribution in [0.4, 0.5) is 0 Å². The van der Waals surface area contributed by atoms with Gasteiger partial charge in [0.15, 0.2) is 5.96 Å². The van der Waals surface area contributed by atoms with E-state index < -0.39 is 0 Å². The SMILES string of the molecule is CN=C(NCCCC1CC1)N(C)CCOCC1CC1.I. The number of hydrogen-bond acceptors (Lipinski definition) is 2. The number of likely N-dealkylation sites (N-methyl/N-ethyl adjacent to an activating group) is 1. The normalized spacial score (nSPS) is 18.6. The Balaban J connectivity index is 0.00000200. The lowest BCUT2D eigenvalue weighted by atomic mass is 10.2. The van der Waals surface area contributed by atoms with Crippen molar-refractivity contribution in [1.82, 2.24) is 10.2 Å². The van der Waals surface area contributed by atoms with Crippen LogP contribution in [0.5, 0.6) is 0 Å². The molecule has 0 aromatic heterocycles. The van der Waals surface area contributed by atoms with Crippen molar-refractivity contribution in [3.05, 3.63) is 0 Å². The summed E-state index contributed by atoms with van der Waals surface area (Å²) < 4.78 is 5.66. The number of aliphatic imine (C=N–C) groups is 1. The van der Waals surface area contributed by atoms with Gasteiger partial charge in [-0.25, -0.2) is 0 Å². The highest BCUT2D eigenvalue weighted by atomic mass is 127. The van der Waals surface area contributed by atoms with Crippen LogP contribution >= 0.6 is 24.0 Å². The molecule has 118 valence electrons. The Morgan fingerprint density at radius 2 is 1.95 bits per heavy atom. The molecule has 0 saturated heterocycles. The molecule has 2 saturated carbocycles. The molecule has 0 heterocycles. The van der Waals surface area contributed by atoms with E-state index in [2.05, 4.69) is 22.3 Å². The monoisotopic (exact) mass is 395 g/mol. The quantitative estimate of drug-likeness (QED) is 0.282. The average molecular weight is 395 g/mol. The second kappa shape index (κ2) is 9.82. The van der Waals surface area contributed by atoms with Gasteiger partial charge in [-0.3, -0.25) is 4.99 Å². The van der Waals surface area contributed by atoms with Crippen LogP contribution in [0.3, 0.4) is 0 Å². The molecule has 2 rings (SSSR count). The first-order valence-electron chi connectivity index (χ1n) is 7.79. The third-order valence-corrected chi connectivity index (χ3v) is 3.96. The Morgan fingerprint density at radius 3 is 2.55 bits per heavy atom.